The fourth-order valence-electron chi connectivity index (χ4n) is 1.52. The second-order valence-corrected chi connectivity index (χ2v) is 2.80. The van der Waals surface area contributed by atoms with Crippen LogP contribution in [0.4, 0.5) is 0 Å². The molecular formula is C13H17Hf-3. The van der Waals surface area contributed by atoms with Crippen molar-refractivity contribution in [2.24, 2.45) is 0 Å². The quantitative estimate of drug-likeness (QED) is 0.538. The fraction of sp³-hybridized carbons (Fsp3) is 0.154. The minimum atomic E-state index is 0. The van der Waals surface area contributed by atoms with Crippen molar-refractivity contribution in [3.8, 4) is 0 Å². The first-order valence-corrected chi connectivity index (χ1v) is 4.05. The zero-order valence-electron chi connectivity index (χ0n) is 9.17. The Bertz CT molecular complexity index is 360. The van der Waals surface area contributed by atoms with Crippen LogP contribution in [-0.4, -0.2) is 0 Å². The van der Waals surface area contributed by atoms with Gasteiger partial charge < -0.3 is 14.9 Å². The molecule has 0 amide bonds. The summed E-state index contributed by atoms with van der Waals surface area (Å²) in [5.74, 6) is 0. The Morgan fingerprint density at radius 3 is 2.36 bits per heavy atom. The molecule has 2 aromatic carbocycles. The maximum Gasteiger partial charge on any atom is 0 e. The Morgan fingerprint density at radius 1 is 1.07 bits per heavy atom. The molecule has 76 valence electrons. The molecule has 2 aromatic rings. The van der Waals surface area contributed by atoms with E-state index in [0.29, 0.717) is 0 Å². The topological polar surface area (TPSA) is 0 Å². The molecule has 0 aliphatic rings. The van der Waals surface area contributed by atoms with Gasteiger partial charge in [-0.1, -0.05) is 19.4 Å². The zero-order chi connectivity index (χ0) is 7.68. The van der Waals surface area contributed by atoms with E-state index >= 15 is 0 Å². The van der Waals surface area contributed by atoms with Crippen LogP contribution in [-0.2, 0) is 32.3 Å². The number of benzene rings is 1. The average molecular weight is 352 g/mol. The van der Waals surface area contributed by atoms with Crippen molar-refractivity contribution >= 4 is 10.8 Å². The zero-order valence-corrected chi connectivity index (χ0v) is 12.8. The number of fused-ring (bicyclic) bond motifs is 1. The van der Waals surface area contributed by atoms with Crippen LogP contribution in [0.1, 0.15) is 12.5 Å². The molecule has 0 N–H and O–H groups in total. The van der Waals surface area contributed by atoms with Gasteiger partial charge in [-0.05, 0) is 0 Å². The van der Waals surface area contributed by atoms with Crippen molar-refractivity contribution in [2.75, 3.05) is 0 Å². The van der Waals surface area contributed by atoms with Gasteiger partial charge in [0.15, 0.2) is 0 Å². The van der Waals surface area contributed by atoms with Gasteiger partial charge in [0, 0.05) is 25.8 Å². The summed E-state index contributed by atoms with van der Waals surface area (Å²) >= 11 is 0. The van der Waals surface area contributed by atoms with Crippen LogP contribution in [0.2, 0.25) is 0 Å². The molecule has 14 heavy (non-hydrogen) atoms. The van der Waals surface area contributed by atoms with Crippen LogP contribution < -0.4 is 0 Å². The molecule has 0 spiro atoms. The van der Waals surface area contributed by atoms with Crippen molar-refractivity contribution in [1.82, 2.24) is 0 Å². The molecule has 0 aliphatic heterocycles. The van der Waals surface area contributed by atoms with Gasteiger partial charge in [0.2, 0.25) is 0 Å². The van der Waals surface area contributed by atoms with Crippen molar-refractivity contribution in [1.29, 1.82) is 0 Å². The minimum Gasteiger partial charge on any atom is -0.358 e. The predicted molar refractivity (Wildman–Crippen MR) is 61.7 cm³/mol. The van der Waals surface area contributed by atoms with Crippen molar-refractivity contribution in [3.05, 3.63) is 56.8 Å². The fourth-order valence-corrected chi connectivity index (χ4v) is 1.52. The summed E-state index contributed by atoms with van der Waals surface area (Å²) in [4.78, 5) is 0. The Kier molecular flexibility index (Phi) is 8.13. The third-order valence-electron chi connectivity index (χ3n) is 2.15. The van der Waals surface area contributed by atoms with Crippen LogP contribution >= 0.6 is 0 Å². The summed E-state index contributed by atoms with van der Waals surface area (Å²) < 4.78 is 0. The number of hydrogen-bond donors (Lipinski definition) is 0. The van der Waals surface area contributed by atoms with E-state index in [-0.39, 0.29) is 40.7 Å². The minimum absolute atomic E-state index is 0. The Labute approximate surface area is 106 Å². The number of rotatable bonds is 1. The summed E-state index contributed by atoms with van der Waals surface area (Å²) in [7, 11) is 0. The van der Waals surface area contributed by atoms with Crippen LogP contribution in [0.5, 0.6) is 0 Å². The second kappa shape index (κ2) is 7.05. The van der Waals surface area contributed by atoms with Gasteiger partial charge in [-0.3, -0.25) is 0 Å². The normalized spacial score (nSPS) is 8.36. The second-order valence-electron chi connectivity index (χ2n) is 2.80. The van der Waals surface area contributed by atoms with E-state index in [1.54, 1.807) is 0 Å². The van der Waals surface area contributed by atoms with Crippen LogP contribution in [0, 0.1) is 14.9 Å². The maximum absolute atomic E-state index is 2.21. The molecule has 0 unspecified atom stereocenters. The van der Waals surface area contributed by atoms with Gasteiger partial charge in [-0.25, -0.2) is 0 Å². The molecule has 0 atom stereocenters. The Balaban J connectivity index is 0. The van der Waals surface area contributed by atoms with E-state index in [1.165, 1.54) is 16.3 Å². The third-order valence-corrected chi connectivity index (χ3v) is 2.15. The van der Waals surface area contributed by atoms with E-state index in [0.717, 1.165) is 6.42 Å². The summed E-state index contributed by atoms with van der Waals surface area (Å²) in [6.07, 6.45) is 1.13. The molecule has 1 heteroatoms. The van der Waals surface area contributed by atoms with Crippen LogP contribution in [0.15, 0.2) is 36.4 Å². The van der Waals surface area contributed by atoms with Crippen molar-refractivity contribution in [2.45, 2.75) is 13.3 Å². The van der Waals surface area contributed by atoms with Gasteiger partial charge in [0.25, 0.3) is 0 Å². The largest absolute Gasteiger partial charge is 0.358 e. The predicted octanol–water partition coefficient (Wildman–Crippen LogP) is 4.02. The van der Waals surface area contributed by atoms with Crippen LogP contribution in [0.3, 0.4) is 0 Å². The molecule has 0 nitrogen and oxygen atoms in total. The Morgan fingerprint density at radius 2 is 1.71 bits per heavy atom. The van der Waals surface area contributed by atoms with Crippen molar-refractivity contribution in [3.63, 3.8) is 0 Å². The summed E-state index contributed by atoms with van der Waals surface area (Å²) in [6, 6.07) is 12.9. The van der Waals surface area contributed by atoms with Crippen LogP contribution in [0.25, 0.3) is 10.8 Å². The van der Waals surface area contributed by atoms with Gasteiger partial charge in [0.1, 0.15) is 0 Å². The van der Waals surface area contributed by atoms with Gasteiger partial charge in [0.05, 0.1) is 0 Å². The Hall–Kier alpha value is -0.300. The van der Waals surface area contributed by atoms with Gasteiger partial charge in [-0.15, -0.1) is 40.6 Å². The molecular weight excluding hydrogens is 335 g/mol. The average Bonchev–Trinajstić information content (AvgIpc) is 2.47. The molecule has 0 aromatic heterocycles. The van der Waals surface area contributed by atoms with Crippen molar-refractivity contribution < 1.29 is 25.8 Å². The molecule has 0 aliphatic carbocycles. The van der Waals surface area contributed by atoms with Gasteiger partial charge >= 0.3 is 0 Å². The maximum atomic E-state index is 2.21. The summed E-state index contributed by atoms with van der Waals surface area (Å²) in [5.41, 5.74) is 1.46. The van der Waals surface area contributed by atoms with E-state index in [9.17, 15) is 0 Å². The van der Waals surface area contributed by atoms with E-state index in [1.807, 2.05) is 0 Å². The molecule has 0 fully saturated rings. The number of hydrogen-bond acceptors (Lipinski definition) is 0. The van der Waals surface area contributed by atoms with E-state index in [2.05, 4.69) is 43.3 Å². The molecule has 0 bridgehead atoms. The molecule has 0 radical (unpaired) electrons. The first kappa shape index (κ1) is 16.1. The smallest absolute Gasteiger partial charge is 0 e. The van der Waals surface area contributed by atoms with E-state index < -0.39 is 0 Å². The molecule has 0 saturated carbocycles. The molecule has 0 saturated heterocycles. The standard InChI is InChI=1S/C11H11.2CH3.Hf/c1-2-9-7-8-10-5-3-4-6-11(9)10;;;/h3-8H,2H2,1H3;2*1H3;/q3*-1;. The third kappa shape index (κ3) is 2.84. The molecule has 0 heterocycles. The SMILES string of the molecule is CC[c-]1ccc2ccccc21.[CH3-].[CH3-].[Hf]. The summed E-state index contributed by atoms with van der Waals surface area (Å²) in [6.45, 7) is 2.20. The summed E-state index contributed by atoms with van der Waals surface area (Å²) in [5, 5.41) is 2.78. The molecule has 2 rings (SSSR count). The van der Waals surface area contributed by atoms with Gasteiger partial charge in [-0.2, -0.15) is 6.07 Å². The number of aryl methyl sites for hydroxylation is 1. The first-order valence-electron chi connectivity index (χ1n) is 4.05. The monoisotopic (exact) mass is 353 g/mol. The van der Waals surface area contributed by atoms with E-state index in [4.69, 9.17) is 0 Å². The first-order chi connectivity index (χ1) is 5.42.